The van der Waals surface area contributed by atoms with Gasteiger partial charge in [-0.2, -0.15) is 13.2 Å². The number of aryl methyl sites for hydroxylation is 2. The van der Waals surface area contributed by atoms with Crippen LogP contribution in [0.2, 0.25) is 0 Å². The normalized spacial score (nSPS) is 11.8. The molecule has 2 rings (SSSR count). The average Bonchev–Trinajstić information content (AvgIpc) is 2.67. The number of hydrogen-bond acceptors (Lipinski definition) is 3. The quantitative estimate of drug-likeness (QED) is 0.814. The van der Waals surface area contributed by atoms with Crippen molar-refractivity contribution in [1.82, 2.24) is 9.55 Å². The van der Waals surface area contributed by atoms with Crippen molar-refractivity contribution in [3.8, 4) is 5.82 Å². The molecule has 0 aliphatic rings. The van der Waals surface area contributed by atoms with Crippen molar-refractivity contribution in [3.05, 3.63) is 41.3 Å². The largest absolute Gasteiger partial charge is 0.490 e. The summed E-state index contributed by atoms with van der Waals surface area (Å²) in [6.45, 7) is 3.49. The Labute approximate surface area is 113 Å². The Morgan fingerprint density at radius 3 is 2.15 bits per heavy atom. The Kier molecular flexibility index (Phi) is 3.62. The molecule has 0 aliphatic heterocycles. The molecule has 0 fully saturated rings. The molecule has 8 heteroatoms. The standard InChI is InChI=1S/C12H12BF3N2O2/c1-7-3-4-8(2)18(7)11-5-9(12(14,15)16)10(6-17-11)13(19)20/h3-6,19-20H,1-2H3. The molecule has 0 amide bonds. The monoisotopic (exact) mass is 284 g/mol. The first-order valence-corrected chi connectivity index (χ1v) is 5.80. The molecule has 0 bridgehead atoms. The van der Waals surface area contributed by atoms with Crippen LogP contribution in [-0.2, 0) is 6.18 Å². The fourth-order valence-corrected chi connectivity index (χ4v) is 2.06. The highest BCUT2D eigenvalue weighted by Gasteiger charge is 2.37. The molecule has 0 aliphatic carbocycles. The van der Waals surface area contributed by atoms with Crippen LogP contribution in [0.15, 0.2) is 24.4 Å². The van der Waals surface area contributed by atoms with Gasteiger partial charge in [-0.1, -0.05) is 0 Å². The summed E-state index contributed by atoms with van der Waals surface area (Å²) in [4.78, 5) is 3.88. The number of halogens is 3. The van der Waals surface area contributed by atoms with E-state index in [1.807, 2.05) is 0 Å². The third kappa shape index (κ3) is 2.57. The molecule has 2 aromatic rings. The third-order valence-corrected chi connectivity index (χ3v) is 3.00. The summed E-state index contributed by atoms with van der Waals surface area (Å²) in [5.74, 6) is 0.0849. The molecular formula is C12H12BF3N2O2. The molecule has 2 aromatic heterocycles. The van der Waals surface area contributed by atoms with E-state index in [4.69, 9.17) is 10.0 Å². The molecule has 0 radical (unpaired) electrons. The minimum Gasteiger partial charge on any atom is -0.423 e. The van der Waals surface area contributed by atoms with Crippen LogP contribution in [0.3, 0.4) is 0 Å². The fourth-order valence-electron chi connectivity index (χ4n) is 2.06. The summed E-state index contributed by atoms with van der Waals surface area (Å²) in [5, 5.41) is 18.0. The molecule has 0 atom stereocenters. The van der Waals surface area contributed by atoms with Gasteiger partial charge in [0.2, 0.25) is 0 Å². The Morgan fingerprint density at radius 1 is 1.15 bits per heavy atom. The van der Waals surface area contributed by atoms with Gasteiger partial charge in [0, 0.05) is 23.0 Å². The van der Waals surface area contributed by atoms with E-state index >= 15 is 0 Å². The van der Waals surface area contributed by atoms with E-state index in [1.165, 1.54) is 0 Å². The van der Waals surface area contributed by atoms with Crippen LogP contribution >= 0.6 is 0 Å². The van der Waals surface area contributed by atoms with E-state index in [0.29, 0.717) is 0 Å². The molecule has 2 N–H and O–H groups in total. The SMILES string of the molecule is Cc1ccc(C)n1-c1cc(C(F)(F)F)c(B(O)O)cn1. The zero-order chi connectivity index (χ0) is 15.1. The molecule has 0 saturated carbocycles. The minimum atomic E-state index is -4.69. The first-order valence-electron chi connectivity index (χ1n) is 5.80. The number of rotatable bonds is 2. The van der Waals surface area contributed by atoms with Crippen molar-refractivity contribution < 1.29 is 23.2 Å². The smallest absolute Gasteiger partial charge is 0.423 e. The lowest BCUT2D eigenvalue weighted by molar-refractivity contribution is -0.136. The second kappa shape index (κ2) is 4.95. The molecule has 106 valence electrons. The highest BCUT2D eigenvalue weighted by molar-refractivity contribution is 6.59. The number of aromatic nitrogens is 2. The van der Waals surface area contributed by atoms with Gasteiger partial charge < -0.3 is 14.6 Å². The van der Waals surface area contributed by atoms with E-state index in [1.54, 1.807) is 30.5 Å². The number of pyridine rings is 1. The second-order valence-electron chi connectivity index (χ2n) is 4.45. The topological polar surface area (TPSA) is 58.3 Å². The van der Waals surface area contributed by atoms with Gasteiger partial charge in [0.15, 0.2) is 0 Å². The summed E-state index contributed by atoms with van der Waals surface area (Å²) in [6.07, 6.45) is -3.85. The Hall–Kier alpha value is -1.80. The van der Waals surface area contributed by atoms with Gasteiger partial charge in [-0.05, 0) is 32.0 Å². The van der Waals surface area contributed by atoms with Crippen LogP contribution in [0.1, 0.15) is 17.0 Å². The summed E-state index contributed by atoms with van der Waals surface area (Å²) in [6, 6.07) is 4.34. The van der Waals surface area contributed by atoms with Crippen molar-refractivity contribution in [3.63, 3.8) is 0 Å². The van der Waals surface area contributed by atoms with Crippen LogP contribution in [0.4, 0.5) is 13.2 Å². The lowest BCUT2D eigenvalue weighted by Gasteiger charge is -2.15. The number of alkyl halides is 3. The van der Waals surface area contributed by atoms with E-state index in [-0.39, 0.29) is 5.82 Å². The van der Waals surface area contributed by atoms with Crippen molar-refractivity contribution >= 4 is 12.6 Å². The molecule has 2 heterocycles. The summed E-state index contributed by atoms with van der Waals surface area (Å²) >= 11 is 0. The van der Waals surface area contributed by atoms with Crippen LogP contribution in [0, 0.1) is 13.8 Å². The highest BCUT2D eigenvalue weighted by atomic mass is 19.4. The molecule has 0 saturated heterocycles. The zero-order valence-corrected chi connectivity index (χ0v) is 10.8. The van der Waals surface area contributed by atoms with Gasteiger partial charge >= 0.3 is 13.3 Å². The first kappa shape index (κ1) is 14.6. The average molecular weight is 284 g/mol. The molecule has 0 unspecified atom stereocenters. The van der Waals surface area contributed by atoms with E-state index in [9.17, 15) is 13.2 Å². The van der Waals surface area contributed by atoms with Gasteiger partial charge in [0.05, 0.1) is 5.56 Å². The molecular weight excluding hydrogens is 272 g/mol. The lowest BCUT2D eigenvalue weighted by atomic mass is 9.78. The molecule has 0 aromatic carbocycles. The van der Waals surface area contributed by atoms with Crippen LogP contribution < -0.4 is 5.46 Å². The predicted molar refractivity (Wildman–Crippen MR) is 67.9 cm³/mol. The van der Waals surface area contributed by atoms with Crippen molar-refractivity contribution in [1.29, 1.82) is 0 Å². The van der Waals surface area contributed by atoms with Crippen LogP contribution in [-0.4, -0.2) is 26.7 Å². The van der Waals surface area contributed by atoms with Gasteiger partial charge in [-0.15, -0.1) is 0 Å². The molecule has 0 spiro atoms. The maximum absolute atomic E-state index is 13.0. The van der Waals surface area contributed by atoms with Crippen molar-refractivity contribution in [2.24, 2.45) is 0 Å². The van der Waals surface area contributed by atoms with E-state index < -0.39 is 24.3 Å². The van der Waals surface area contributed by atoms with Gasteiger partial charge in [-0.25, -0.2) is 4.98 Å². The van der Waals surface area contributed by atoms with Crippen molar-refractivity contribution in [2.45, 2.75) is 20.0 Å². The van der Waals surface area contributed by atoms with Gasteiger partial charge in [0.1, 0.15) is 5.82 Å². The second-order valence-corrected chi connectivity index (χ2v) is 4.45. The maximum atomic E-state index is 13.0. The lowest BCUT2D eigenvalue weighted by Crippen LogP contribution is -2.36. The summed E-state index contributed by atoms with van der Waals surface area (Å²) in [5.41, 5.74) is -0.297. The molecule has 4 nitrogen and oxygen atoms in total. The van der Waals surface area contributed by atoms with E-state index in [2.05, 4.69) is 4.98 Å². The highest BCUT2D eigenvalue weighted by Crippen LogP contribution is 2.29. The first-order chi connectivity index (χ1) is 9.21. The van der Waals surface area contributed by atoms with E-state index in [0.717, 1.165) is 23.7 Å². The fraction of sp³-hybridized carbons (Fsp3) is 0.250. The predicted octanol–water partition coefficient (Wildman–Crippen LogP) is 1.19. The van der Waals surface area contributed by atoms with Gasteiger partial charge in [0.25, 0.3) is 0 Å². The van der Waals surface area contributed by atoms with Crippen molar-refractivity contribution in [2.75, 3.05) is 0 Å². The Morgan fingerprint density at radius 2 is 1.70 bits per heavy atom. The third-order valence-electron chi connectivity index (χ3n) is 3.00. The number of nitrogens with zero attached hydrogens (tertiary/aromatic N) is 2. The van der Waals surface area contributed by atoms with Crippen LogP contribution in [0.25, 0.3) is 5.82 Å². The Balaban J connectivity index is 2.65. The minimum absolute atomic E-state index is 0.0849. The Bertz CT molecular complexity index is 619. The maximum Gasteiger partial charge on any atom is 0.490 e. The molecule has 20 heavy (non-hydrogen) atoms. The zero-order valence-electron chi connectivity index (χ0n) is 10.8. The van der Waals surface area contributed by atoms with Crippen LogP contribution in [0.5, 0.6) is 0 Å². The van der Waals surface area contributed by atoms with Gasteiger partial charge in [-0.3, -0.25) is 0 Å². The summed E-state index contributed by atoms with van der Waals surface area (Å²) in [7, 11) is -2.22. The number of hydrogen-bond donors (Lipinski definition) is 2. The summed E-state index contributed by atoms with van der Waals surface area (Å²) < 4.78 is 40.5.